The summed E-state index contributed by atoms with van der Waals surface area (Å²) in [5.74, 6) is 0. The van der Waals surface area contributed by atoms with Crippen molar-refractivity contribution in [3.8, 4) is 0 Å². The molecule has 1 aromatic heterocycles. The van der Waals surface area contributed by atoms with Crippen molar-refractivity contribution in [2.45, 2.75) is 47.5 Å². The first-order valence-corrected chi connectivity index (χ1v) is 6.63. The molecule has 2 nitrogen and oxygen atoms in total. The van der Waals surface area contributed by atoms with E-state index in [1.165, 1.54) is 12.0 Å². The van der Waals surface area contributed by atoms with Crippen molar-refractivity contribution in [1.82, 2.24) is 4.98 Å². The van der Waals surface area contributed by atoms with Gasteiger partial charge in [0.25, 0.3) is 0 Å². The predicted octanol–water partition coefficient (Wildman–Crippen LogP) is 4.20. The Morgan fingerprint density at radius 2 is 1.83 bits per heavy atom. The van der Waals surface area contributed by atoms with E-state index in [4.69, 9.17) is 5.73 Å². The van der Waals surface area contributed by atoms with E-state index in [2.05, 4.69) is 38.8 Å². The van der Waals surface area contributed by atoms with Gasteiger partial charge in [0.2, 0.25) is 0 Å². The Balaban J connectivity index is 2.46. The molecule has 0 bridgehead atoms. The number of anilines is 1. The van der Waals surface area contributed by atoms with Crippen molar-refractivity contribution in [3.63, 3.8) is 0 Å². The highest BCUT2D eigenvalue weighted by Crippen LogP contribution is 2.47. The predicted molar refractivity (Wildman–Crippen MR) is 78.2 cm³/mol. The highest BCUT2D eigenvalue weighted by molar-refractivity contribution is 5.67. The Morgan fingerprint density at radius 3 is 2.39 bits per heavy atom. The van der Waals surface area contributed by atoms with E-state index >= 15 is 0 Å². The second-order valence-corrected chi connectivity index (χ2v) is 7.10. The lowest BCUT2D eigenvalue weighted by Crippen LogP contribution is -2.27. The van der Waals surface area contributed by atoms with Gasteiger partial charge in [-0.05, 0) is 48.3 Å². The molecule has 0 aliphatic heterocycles. The number of nitrogens with two attached hydrogens (primary N) is 1. The van der Waals surface area contributed by atoms with Crippen LogP contribution < -0.4 is 5.73 Å². The zero-order valence-corrected chi connectivity index (χ0v) is 12.2. The number of hydrogen-bond acceptors (Lipinski definition) is 2. The van der Waals surface area contributed by atoms with Crippen molar-refractivity contribution in [1.29, 1.82) is 0 Å². The summed E-state index contributed by atoms with van der Waals surface area (Å²) in [7, 11) is 0. The van der Waals surface area contributed by atoms with Gasteiger partial charge in [-0.2, -0.15) is 0 Å². The molecule has 0 spiro atoms. The van der Waals surface area contributed by atoms with Crippen LogP contribution in [0.15, 0.2) is 18.2 Å². The number of aryl methyl sites for hydroxylation is 1. The van der Waals surface area contributed by atoms with Crippen LogP contribution in [0, 0.1) is 17.8 Å². The number of aromatic nitrogens is 1. The van der Waals surface area contributed by atoms with E-state index in [-0.39, 0.29) is 5.41 Å². The fourth-order valence-corrected chi connectivity index (χ4v) is 3.41. The lowest BCUT2D eigenvalue weighted by Gasteiger charge is -2.39. The van der Waals surface area contributed by atoms with Gasteiger partial charge in [-0.3, -0.25) is 4.98 Å². The fraction of sp³-hybridized carbons (Fsp3) is 0.562. The number of nitrogens with zero attached hydrogens (tertiary/aromatic N) is 1. The number of rotatable bonds is 1. The third-order valence-corrected chi connectivity index (χ3v) is 3.47. The molecule has 0 fully saturated rings. The smallest absolute Gasteiger partial charge is 0.0682 e. The molecule has 0 amide bonds. The summed E-state index contributed by atoms with van der Waals surface area (Å²) in [5.41, 5.74) is 10.7. The summed E-state index contributed by atoms with van der Waals surface area (Å²) in [6, 6.07) is 3.92. The maximum atomic E-state index is 5.93. The molecule has 1 aliphatic carbocycles. The molecule has 0 aromatic carbocycles. The largest absolute Gasteiger partial charge is 0.399 e. The lowest BCUT2D eigenvalue weighted by atomic mass is 9.66. The molecule has 2 heteroatoms. The van der Waals surface area contributed by atoms with Gasteiger partial charge in [0.15, 0.2) is 0 Å². The van der Waals surface area contributed by atoms with Gasteiger partial charge in [-0.25, -0.2) is 0 Å². The summed E-state index contributed by atoms with van der Waals surface area (Å²) in [5, 5.41) is 0. The average Bonchev–Trinajstić information content (AvgIpc) is 2.10. The van der Waals surface area contributed by atoms with E-state index in [0.29, 0.717) is 5.41 Å². The number of allylic oxidation sites excluding steroid dienone is 2. The molecular formula is C16H24N2. The van der Waals surface area contributed by atoms with E-state index < -0.39 is 0 Å². The minimum Gasteiger partial charge on any atom is -0.399 e. The zero-order valence-electron chi connectivity index (χ0n) is 12.2. The molecule has 2 N–H and O–H groups in total. The molecule has 0 saturated heterocycles. The molecule has 1 heterocycles. The zero-order chi connectivity index (χ0) is 13.6. The molecule has 1 aliphatic rings. The SMILES string of the molecule is Cc1cc(N)cc(C2=CC(C)(C)CC(C)(C)C2)n1. The maximum Gasteiger partial charge on any atom is 0.0682 e. The number of nitrogen functional groups attached to an aromatic ring is 1. The van der Waals surface area contributed by atoms with Gasteiger partial charge in [0.05, 0.1) is 5.69 Å². The molecule has 1 aromatic rings. The van der Waals surface area contributed by atoms with E-state index in [0.717, 1.165) is 23.5 Å². The van der Waals surface area contributed by atoms with Crippen LogP contribution in [0.3, 0.4) is 0 Å². The molecule has 2 rings (SSSR count). The Hall–Kier alpha value is -1.31. The van der Waals surface area contributed by atoms with Gasteiger partial charge in [-0.1, -0.05) is 33.8 Å². The van der Waals surface area contributed by atoms with Crippen LogP contribution in [0.5, 0.6) is 0 Å². The topological polar surface area (TPSA) is 38.9 Å². The number of hydrogen-bond donors (Lipinski definition) is 1. The van der Waals surface area contributed by atoms with Crippen LogP contribution in [-0.2, 0) is 0 Å². The summed E-state index contributed by atoms with van der Waals surface area (Å²) in [6.45, 7) is 11.3. The van der Waals surface area contributed by atoms with E-state index in [1.54, 1.807) is 0 Å². The standard InChI is InChI=1S/C16H24N2/c1-11-6-13(17)7-14(18-11)12-8-15(2,3)10-16(4,5)9-12/h6-8H,9-10H2,1-5H3,(H2,17,18). The monoisotopic (exact) mass is 244 g/mol. The van der Waals surface area contributed by atoms with Crippen molar-refractivity contribution in [2.75, 3.05) is 5.73 Å². The quantitative estimate of drug-likeness (QED) is 0.804. The molecule has 0 unspecified atom stereocenters. The molecule has 0 radical (unpaired) electrons. The van der Waals surface area contributed by atoms with Gasteiger partial charge in [0.1, 0.15) is 0 Å². The first-order chi connectivity index (χ1) is 8.17. The molecular weight excluding hydrogens is 220 g/mol. The van der Waals surface area contributed by atoms with Crippen molar-refractivity contribution < 1.29 is 0 Å². The maximum absolute atomic E-state index is 5.93. The van der Waals surface area contributed by atoms with Crippen molar-refractivity contribution >= 4 is 11.3 Å². The van der Waals surface area contributed by atoms with Crippen LogP contribution in [0.25, 0.3) is 5.57 Å². The second-order valence-electron chi connectivity index (χ2n) is 7.10. The van der Waals surface area contributed by atoms with Crippen LogP contribution in [0.4, 0.5) is 5.69 Å². The van der Waals surface area contributed by atoms with Crippen LogP contribution >= 0.6 is 0 Å². The van der Waals surface area contributed by atoms with Gasteiger partial charge in [-0.15, -0.1) is 0 Å². The van der Waals surface area contributed by atoms with Crippen molar-refractivity contribution in [2.24, 2.45) is 10.8 Å². The summed E-state index contributed by atoms with van der Waals surface area (Å²) >= 11 is 0. The third-order valence-electron chi connectivity index (χ3n) is 3.47. The Kier molecular flexibility index (Phi) is 3.00. The highest BCUT2D eigenvalue weighted by Gasteiger charge is 2.33. The van der Waals surface area contributed by atoms with Gasteiger partial charge < -0.3 is 5.73 Å². The third kappa shape index (κ3) is 2.92. The van der Waals surface area contributed by atoms with Crippen LogP contribution in [0.1, 0.15) is 51.9 Å². The Morgan fingerprint density at radius 1 is 1.17 bits per heavy atom. The second kappa shape index (κ2) is 4.11. The van der Waals surface area contributed by atoms with Crippen LogP contribution in [0.2, 0.25) is 0 Å². The van der Waals surface area contributed by atoms with E-state index in [1.807, 2.05) is 19.1 Å². The Labute approximate surface area is 110 Å². The molecule has 0 atom stereocenters. The van der Waals surface area contributed by atoms with Gasteiger partial charge >= 0.3 is 0 Å². The average molecular weight is 244 g/mol. The van der Waals surface area contributed by atoms with E-state index in [9.17, 15) is 0 Å². The Bertz CT molecular complexity index is 476. The van der Waals surface area contributed by atoms with Gasteiger partial charge in [0, 0.05) is 11.4 Å². The lowest BCUT2D eigenvalue weighted by molar-refractivity contribution is 0.228. The van der Waals surface area contributed by atoms with Crippen LogP contribution in [-0.4, -0.2) is 4.98 Å². The fourth-order valence-electron chi connectivity index (χ4n) is 3.41. The summed E-state index contributed by atoms with van der Waals surface area (Å²) < 4.78 is 0. The minimum absolute atomic E-state index is 0.233. The highest BCUT2D eigenvalue weighted by atomic mass is 14.7. The molecule has 18 heavy (non-hydrogen) atoms. The normalized spacial score (nSPS) is 21.5. The first kappa shape index (κ1) is 13.1. The molecule has 0 saturated carbocycles. The summed E-state index contributed by atoms with van der Waals surface area (Å²) in [4.78, 5) is 4.64. The molecule has 98 valence electrons. The number of pyridine rings is 1. The van der Waals surface area contributed by atoms with Crippen molar-refractivity contribution in [3.05, 3.63) is 29.6 Å². The minimum atomic E-state index is 0.233. The summed E-state index contributed by atoms with van der Waals surface area (Å²) in [6.07, 6.45) is 4.66. The first-order valence-electron chi connectivity index (χ1n) is 6.63.